The van der Waals surface area contributed by atoms with Crippen LogP contribution in [0.4, 0.5) is 0 Å². The smallest absolute Gasteiger partial charge is 0.263 e. The zero-order valence-corrected chi connectivity index (χ0v) is 12.5. The molecule has 0 radical (unpaired) electrons. The molecular formula is C13H21N3O2S. The predicted molar refractivity (Wildman–Crippen MR) is 75.6 cm³/mol. The average molecular weight is 283 g/mol. The molecule has 0 bridgehead atoms. The van der Waals surface area contributed by atoms with Gasteiger partial charge >= 0.3 is 0 Å². The normalized spacial score (nSPS) is 24.4. The van der Waals surface area contributed by atoms with Gasteiger partial charge in [-0.3, -0.25) is 9.69 Å². The lowest BCUT2D eigenvalue weighted by Crippen LogP contribution is -2.47. The molecule has 1 aliphatic heterocycles. The number of thiazole rings is 1. The lowest BCUT2D eigenvalue weighted by molar-refractivity contribution is -0.0672. The van der Waals surface area contributed by atoms with E-state index in [2.05, 4.69) is 29.0 Å². The maximum atomic E-state index is 11.8. The van der Waals surface area contributed by atoms with Gasteiger partial charge in [-0.1, -0.05) is 0 Å². The number of hydrogen-bond donors (Lipinski definition) is 1. The molecule has 19 heavy (non-hydrogen) atoms. The molecule has 1 aromatic rings. The number of nitrogens with one attached hydrogen (secondary N) is 1. The van der Waals surface area contributed by atoms with Gasteiger partial charge in [-0.25, -0.2) is 4.98 Å². The number of aromatic nitrogens is 1. The van der Waals surface area contributed by atoms with Gasteiger partial charge in [0.2, 0.25) is 0 Å². The molecule has 1 fully saturated rings. The second kappa shape index (κ2) is 6.45. The topological polar surface area (TPSA) is 54.5 Å². The summed E-state index contributed by atoms with van der Waals surface area (Å²) in [5, 5.41) is 3.86. The van der Waals surface area contributed by atoms with E-state index in [-0.39, 0.29) is 18.1 Å². The highest BCUT2D eigenvalue weighted by molar-refractivity contribution is 7.13. The molecule has 1 saturated heterocycles. The largest absolute Gasteiger partial charge is 0.373 e. The van der Waals surface area contributed by atoms with Gasteiger partial charge < -0.3 is 10.1 Å². The fourth-order valence-corrected chi connectivity index (χ4v) is 3.04. The second-order valence-electron chi connectivity index (χ2n) is 5.02. The Hall–Kier alpha value is -0.980. The zero-order chi connectivity index (χ0) is 13.8. The molecule has 6 heteroatoms. The summed E-state index contributed by atoms with van der Waals surface area (Å²) < 4.78 is 5.68. The van der Waals surface area contributed by atoms with Gasteiger partial charge in [0.05, 0.1) is 23.4 Å². The molecule has 1 aliphatic rings. The lowest BCUT2D eigenvalue weighted by atomic mass is 10.2. The summed E-state index contributed by atoms with van der Waals surface area (Å²) in [6.45, 7) is 9.46. The third kappa shape index (κ3) is 4.26. The number of amides is 1. The Balaban J connectivity index is 1.73. The molecule has 1 aromatic heterocycles. The van der Waals surface area contributed by atoms with Crippen LogP contribution in [0, 0.1) is 6.92 Å². The monoisotopic (exact) mass is 283 g/mol. The Morgan fingerprint density at radius 2 is 2.21 bits per heavy atom. The molecule has 0 saturated carbocycles. The van der Waals surface area contributed by atoms with E-state index < -0.39 is 0 Å². The van der Waals surface area contributed by atoms with Crippen LogP contribution in [0.15, 0.2) is 6.20 Å². The number of ether oxygens (including phenoxy) is 1. The molecule has 2 atom stereocenters. The van der Waals surface area contributed by atoms with Gasteiger partial charge in [-0.2, -0.15) is 0 Å². The number of hydrogen-bond acceptors (Lipinski definition) is 5. The minimum Gasteiger partial charge on any atom is -0.373 e. The van der Waals surface area contributed by atoms with Crippen molar-refractivity contribution < 1.29 is 9.53 Å². The molecule has 0 aliphatic carbocycles. The molecule has 1 N–H and O–H groups in total. The predicted octanol–water partition coefficient (Wildman–Crippen LogP) is 1.29. The number of aryl methyl sites for hydroxylation is 1. The van der Waals surface area contributed by atoms with E-state index in [0.717, 1.165) is 24.6 Å². The first-order valence-electron chi connectivity index (χ1n) is 6.63. The Bertz CT molecular complexity index is 425. The summed E-state index contributed by atoms with van der Waals surface area (Å²) in [6, 6.07) is 0. The van der Waals surface area contributed by atoms with E-state index in [1.165, 1.54) is 11.3 Å². The van der Waals surface area contributed by atoms with Crippen molar-refractivity contribution in [3.8, 4) is 0 Å². The molecule has 5 nitrogen and oxygen atoms in total. The van der Waals surface area contributed by atoms with Crippen molar-refractivity contribution in [3.05, 3.63) is 16.1 Å². The molecule has 2 rings (SSSR count). The van der Waals surface area contributed by atoms with E-state index in [1.807, 2.05) is 6.92 Å². The first kappa shape index (κ1) is 14.4. The molecule has 106 valence electrons. The third-order valence-corrected chi connectivity index (χ3v) is 3.97. The Morgan fingerprint density at radius 1 is 1.53 bits per heavy atom. The highest BCUT2D eigenvalue weighted by atomic mass is 32.1. The van der Waals surface area contributed by atoms with Gasteiger partial charge in [-0.15, -0.1) is 11.3 Å². The molecule has 0 aromatic carbocycles. The molecule has 1 amide bonds. The maximum Gasteiger partial charge on any atom is 0.263 e. The fraction of sp³-hybridized carbons (Fsp3) is 0.692. The molecular weight excluding hydrogens is 262 g/mol. The first-order valence-corrected chi connectivity index (χ1v) is 7.44. The van der Waals surface area contributed by atoms with Gasteiger partial charge in [0.15, 0.2) is 0 Å². The average Bonchev–Trinajstić information content (AvgIpc) is 2.74. The van der Waals surface area contributed by atoms with Gasteiger partial charge in [0.25, 0.3) is 5.91 Å². The minimum atomic E-state index is -0.0278. The number of morpholine rings is 1. The van der Waals surface area contributed by atoms with Crippen molar-refractivity contribution in [2.24, 2.45) is 0 Å². The van der Waals surface area contributed by atoms with E-state index in [1.54, 1.807) is 6.20 Å². The lowest BCUT2D eigenvalue weighted by Gasteiger charge is -2.35. The van der Waals surface area contributed by atoms with E-state index >= 15 is 0 Å². The third-order valence-electron chi connectivity index (χ3n) is 3.05. The van der Waals surface area contributed by atoms with Crippen molar-refractivity contribution >= 4 is 17.2 Å². The summed E-state index contributed by atoms with van der Waals surface area (Å²) in [4.78, 5) is 18.9. The van der Waals surface area contributed by atoms with Crippen LogP contribution in [0.25, 0.3) is 0 Å². The van der Waals surface area contributed by atoms with Crippen LogP contribution < -0.4 is 5.32 Å². The van der Waals surface area contributed by atoms with Crippen LogP contribution in [0.5, 0.6) is 0 Å². The maximum absolute atomic E-state index is 11.8. The Kier molecular flexibility index (Phi) is 4.90. The van der Waals surface area contributed by atoms with Crippen molar-refractivity contribution in [1.82, 2.24) is 15.2 Å². The summed E-state index contributed by atoms with van der Waals surface area (Å²) in [5.41, 5.74) is 0. The van der Waals surface area contributed by atoms with Crippen LogP contribution in [-0.4, -0.2) is 54.2 Å². The second-order valence-corrected chi connectivity index (χ2v) is 6.25. The Morgan fingerprint density at radius 3 is 2.79 bits per heavy atom. The van der Waals surface area contributed by atoms with Crippen molar-refractivity contribution in [3.63, 3.8) is 0 Å². The van der Waals surface area contributed by atoms with Crippen LogP contribution in [0.1, 0.15) is 28.5 Å². The highest BCUT2D eigenvalue weighted by Crippen LogP contribution is 2.11. The minimum absolute atomic E-state index is 0.0278. The summed E-state index contributed by atoms with van der Waals surface area (Å²) in [5.74, 6) is -0.0278. The number of carbonyl (C=O) groups is 1. The van der Waals surface area contributed by atoms with Gasteiger partial charge in [-0.05, 0) is 20.8 Å². The van der Waals surface area contributed by atoms with Gasteiger partial charge in [0.1, 0.15) is 4.88 Å². The van der Waals surface area contributed by atoms with Crippen LogP contribution in [0.3, 0.4) is 0 Å². The van der Waals surface area contributed by atoms with Crippen LogP contribution >= 0.6 is 11.3 Å². The number of carbonyl (C=O) groups excluding carboxylic acids is 1. The summed E-state index contributed by atoms with van der Waals surface area (Å²) >= 11 is 1.43. The van der Waals surface area contributed by atoms with Crippen LogP contribution in [0.2, 0.25) is 0 Å². The summed E-state index contributed by atoms with van der Waals surface area (Å²) in [6.07, 6.45) is 2.17. The SMILES string of the molecule is Cc1ncc(C(=O)NCCN2C[C@@H](C)O[C@H](C)C2)s1. The van der Waals surface area contributed by atoms with Crippen molar-refractivity contribution in [2.45, 2.75) is 33.0 Å². The fourth-order valence-electron chi connectivity index (χ4n) is 2.35. The van der Waals surface area contributed by atoms with Crippen LogP contribution in [-0.2, 0) is 4.74 Å². The summed E-state index contributed by atoms with van der Waals surface area (Å²) in [7, 11) is 0. The standard InChI is InChI=1S/C13H21N3O2S/c1-9-7-16(8-10(2)18-9)5-4-14-13(17)12-6-15-11(3)19-12/h6,9-10H,4-5,7-8H2,1-3H3,(H,14,17)/t9-,10-/m1/s1. The van der Waals surface area contributed by atoms with Crippen molar-refractivity contribution in [1.29, 1.82) is 0 Å². The number of rotatable bonds is 4. The zero-order valence-electron chi connectivity index (χ0n) is 11.7. The molecule has 0 spiro atoms. The Labute approximate surface area is 118 Å². The highest BCUT2D eigenvalue weighted by Gasteiger charge is 2.21. The molecule has 0 unspecified atom stereocenters. The van der Waals surface area contributed by atoms with E-state index in [0.29, 0.717) is 11.4 Å². The first-order chi connectivity index (χ1) is 9.04. The van der Waals surface area contributed by atoms with Crippen molar-refractivity contribution in [2.75, 3.05) is 26.2 Å². The van der Waals surface area contributed by atoms with E-state index in [4.69, 9.17) is 4.74 Å². The van der Waals surface area contributed by atoms with E-state index in [9.17, 15) is 4.79 Å². The quantitative estimate of drug-likeness (QED) is 0.905. The molecule has 2 heterocycles. The van der Waals surface area contributed by atoms with Gasteiger partial charge in [0, 0.05) is 26.2 Å². The number of nitrogens with zero attached hydrogens (tertiary/aromatic N) is 2.